The van der Waals surface area contributed by atoms with Crippen molar-refractivity contribution in [2.75, 3.05) is 31.6 Å². The molecule has 1 atom stereocenters. The summed E-state index contributed by atoms with van der Waals surface area (Å²) in [7, 11) is 1.34. The van der Waals surface area contributed by atoms with E-state index in [1.54, 1.807) is 29.4 Å². The highest BCUT2D eigenvalue weighted by Crippen LogP contribution is 2.24. The monoisotopic (exact) mass is 349 g/mol. The highest BCUT2D eigenvalue weighted by molar-refractivity contribution is 6.32. The molecule has 1 saturated heterocycles. The molecule has 0 saturated carbocycles. The van der Waals surface area contributed by atoms with E-state index in [0.717, 1.165) is 5.56 Å². The molecule has 24 heavy (non-hydrogen) atoms. The van der Waals surface area contributed by atoms with Gasteiger partial charge in [-0.05, 0) is 12.1 Å². The summed E-state index contributed by atoms with van der Waals surface area (Å²) < 4.78 is 4.76. The van der Waals surface area contributed by atoms with Gasteiger partial charge in [0.05, 0.1) is 7.11 Å². The van der Waals surface area contributed by atoms with Crippen LogP contribution in [0.2, 0.25) is 5.02 Å². The van der Waals surface area contributed by atoms with E-state index in [9.17, 15) is 9.59 Å². The van der Waals surface area contributed by atoms with Gasteiger partial charge >= 0.3 is 5.97 Å². The third-order valence-electron chi connectivity index (χ3n) is 3.76. The fourth-order valence-electron chi connectivity index (χ4n) is 2.55. The van der Waals surface area contributed by atoms with Crippen LogP contribution < -0.4 is 15.8 Å². The number of H-pyrrole nitrogens is 1. The standard InChI is InChI=1S/C15H16ClN5O3/c1-24-15(23)10-8-21(7-6-18-10)13-11(16)14(22)20-12(19-13)9-2-4-17-5-3-9/h2-5,10,18H,6-8H2,1H3,(H,19,20,22)/t10-/m0/s1. The Kier molecular flexibility index (Phi) is 4.77. The number of hydrogen-bond donors (Lipinski definition) is 2. The fraction of sp³-hybridized carbons (Fsp3) is 0.333. The van der Waals surface area contributed by atoms with Crippen LogP contribution in [-0.4, -0.2) is 53.7 Å². The Bertz CT molecular complexity index is 795. The number of carbonyl (C=O) groups is 1. The highest BCUT2D eigenvalue weighted by atomic mass is 35.5. The number of piperazine rings is 1. The quantitative estimate of drug-likeness (QED) is 0.775. The van der Waals surface area contributed by atoms with Crippen molar-refractivity contribution in [3.63, 3.8) is 0 Å². The minimum Gasteiger partial charge on any atom is -0.468 e. The average molecular weight is 350 g/mol. The van der Waals surface area contributed by atoms with Gasteiger partial charge < -0.3 is 19.9 Å². The molecule has 0 unspecified atom stereocenters. The zero-order valence-corrected chi connectivity index (χ0v) is 13.7. The zero-order chi connectivity index (χ0) is 17.1. The summed E-state index contributed by atoms with van der Waals surface area (Å²) in [6.07, 6.45) is 3.23. The lowest BCUT2D eigenvalue weighted by atomic mass is 10.2. The smallest absolute Gasteiger partial charge is 0.324 e. The first-order chi connectivity index (χ1) is 11.6. The van der Waals surface area contributed by atoms with Crippen molar-refractivity contribution in [3.8, 4) is 11.4 Å². The number of ether oxygens (including phenoxy) is 1. The van der Waals surface area contributed by atoms with Gasteiger partial charge in [0.25, 0.3) is 5.56 Å². The predicted octanol–water partition coefficient (Wildman–Crippen LogP) is 0.436. The van der Waals surface area contributed by atoms with Gasteiger partial charge in [0.15, 0.2) is 5.82 Å². The van der Waals surface area contributed by atoms with Crippen LogP contribution in [0.25, 0.3) is 11.4 Å². The first-order valence-electron chi connectivity index (χ1n) is 7.36. The molecule has 0 bridgehead atoms. The number of esters is 1. The van der Waals surface area contributed by atoms with Gasteiger partial charge in [0.1, 0.15) is 16.9 Å². The molecular formula is C15H16ClN5O3. The number of aromatic nitrogens is 3. The number of nitrogens with one attached hydrogen (secondary N) is 2. The van der Waals surface area contributed by atoms with Crippen molar-refractivity contribution >= 4 is 23.4 Å². The maximum atomic E-state index is 12.2. The summed E-state index contributed by atoms with van der Waals surface area (Å²) in [6, 6.07) is 2.99. The summed E-state index contributed by atoms with van der Waals surface area (Å²) in [5.41, 5.74) is 0.293. The van der Waals surface area contributed by atoms with E-state index in [-0.39, 0.29) is 11.0 Å². The van der Waals surface area contributed by atoms with E-state index < -0.39 is 11.6 Å². The van der Waals surface area contributed by atoms with Gasteiger partial charge in [-0.3, -0.25) is 14.6 Å². The van der Waals surface area contributed by atoms with Crippen LogP contribution in [0.3, 0.4) is 0 Å². The molecule has 3 heterocycles. The molecule has 1 aliphatic rings. The first kappa shape index (κ1) is 16.4. The lowest BCUT2D eigenvalue weighted by Crippen LogP contribution is -2.55. The van der Waals surface area contributed by atoms with Crippen LogP contribution in [-0.2, 0) is 9.53 Å². The molecule has 1 aliphatic heterocycles. The molecule has 0 amide bonds. The number of carbonyl (C=O) groups excluding carboxylic acids is 1. The van der Waals surface area contributed by atoms with E-state index >= 15 is 0 Å². The van der Waals surface area contributed by atoms with Gasteiger partial charge in [0.2, 0.25) is 0 Å². The zero-order valence-electron chi connectivity index (χ0n) is 13.0. The fourth-order valence-corrected chi connectivity index (χ4v) is 2.75. The SMILES string of the molecule is COC(=O)[C@@H]1CN(c2nc(-c3ccncc3)[nH]c(=O)c2Cl)CCN1. The normalized spacial score (nSPS) is 17.6. The van der Waals surface area contributed by atoms with E-state index in [4.69, 9.17) is 16.3 Å². The summed E-state index contributed by atoms with van der Waals surface area (Å²) in [5, 5.41) is 3.07. The van der Waals surface area contributed by atoms with Gasteiger partial charge in [-0.25, -0.2) is 4.98 Å². The van der Waals surface area contributed by atoms with Crippen molar-refractivity contribution in [2.45, 2.75) is 6.04 Å². The second-order valence-electron chi connectivity index (χ2n) is 5.26. The molecule has 126 valence electrons. The number of aromatic amines is 1. The molecule has 0 radical (unpaired) electrons. The lowest BCUT2D eigenvalue weighted by molar-refractivity contribution is -0.143. The van der Waals surface area contributed by atoms with Crippen molar-refractivity contribution in [2.24, 2.45) is 0 Å². The minimum absolute atomic E-state index is 0.00155. The molecule has 2 aromatic heterocycles. The largest absolute Gasteiger partial charge is 0.468 e. The molecule has 2 N–H and O–H groups in total. The number of halogens is 1. The van der Waals surface area contributed by atoms with E-state index in [2.05, 4.69) is 20.3 Å². The summed E-state index contributed by atoms with van der Waals surface area (Å²) in [4.78, 5) is 36.8. The van der Waals surface area contributed by atoms with E-state index in [0.29, 0.717) is 31.3 Å². The number of nitrogens with zero attached hydrogens (tertiary/aromatic N) is 3. The first-order valence-corrected chi connectivity index (χ1v) is 7.74. The molecule has 0 spiro atoms. The van der Waals surface area contributed by atoms with Crippen LogP contribution in [0, 0.1) is 0 Å². The molecule has 3 rings (SSSR count). The second-order valence-corrected chi connectivity index (χ2v) is 5.64. The van der Waals surface area contributed by atoms with Gasteiger partial charge in [0, 0.05) is 37.6 Å². The maximum Gasteiger partial charge on any atom is 0.324 e. The minimum atomic E-state index is -0.495. The van der Waals surface area contributed by atoms with Crippen LogP contribution in [0.4, 0.5) is 5.82 Å². The molecule has 8 nitrogen and oxygen atoms in total. The topological polar surface area (TPSA) is 100 Å². The molecule has 0 aliphatic carbocycles. The number of anilines is 1. The van der Waals surface area contributed by atoms with E-state index in [1.165, 1.54) is 7.11 Å². The number of methoxy groups -OCH3 is 1. The van der Waals surface area contributed by atoms with Crippen molar-refractivity contribution < 1.29 is 9.53 Å². The molecule has 9 heteroatoms. The Morgan fingerprint density at radius 1 is 1.42 bits per heavy atom. The van der Waals surface area contributed by atoms with E-state index in [1.807, 2.05) is 0 Å². The van der Waals surface area contributed by atoms with Crippen LogP contribution in [0.5, 0.6) is 0 Å². The summed E-state index contributed by atoms with van der Waals surface area (Å²) in [6.45, 7) is 1.44. The summed E-state index contributed by atoms with van der Waals surface area (Å²) in [5.74, 6) is 0.382. The van der Waals surface area contributed by atoms with Crippen molar-refractivity contribution in [3.05, 3.63) is 39.9 Å². The lowest BCUT2D eigenvalue weighted by Gasteiger charge is -2.33. The molecule has 0 aromatic carbocycles. The number of hydrogen-bond acceptors (Lipinski definition) is 7. The molecule has 2 aromatic rings. The Morgan fingerprint density at radius 3 is 2.88 bits per heavy atom. The third kappa shape index (κ3) is 3.24. The van der Waals surface area contributed by atoms with Gasteiger partial charge in [-0.2, -0.15) is 0 Å². The number of rotatable bonds is 3. The summed E-state index contributed by atoms with van der Waals surface area (Å²) >= 11 is 6.15. The van der Waals surface area contributed by atoms with Crippen molar-refractivity contribution in [1.29, 1.82) is 0 Å². The predicted molar refractivity (Wildman–Crippen MR) is 89.1 cm³/mol. The van der Waals surface area contributed by atoms with Crippen LogP contribution in [0.1, 0.15) is 0 Å². The van der Waals surface area contributed by atoms with Crippen LogP contribution >= 0.6 is 11.6 Å². The molecule has 1 fully saturated rings. The van der Waals surface area contributed by atoms with Crippen LogP contribution in [0.15, 0.2) is 29.3 Å². The van der Waals surface area contributed by atoms with Crippen molar-refractivity contribution in [1.82, 2.24) is 20.3 Å². The maximum absolute atomic E-state index is 12.2. The second kappa shape index (κ2) is 6.98. The Labute approximate surface area is 142 Å². The number of pyridine rings is 1. The Hall–Kier alpha value is -2.45. The Morgan fingerprint density at radius 2 is 2.17 bits per heavy atom. The average Bonchev–Trinajstić information content (AvgIpc) is 2.64. The van der Waals surface area contributed by atoms with Gasteiger partial charge in [-0.15, -0.1) is 0 Å². The highest BCUT2D eigenvalue weighted by Gasteiger charge is 2.28. The third-order valence-corrected chi connectivity index (χ3v) is 4.10. The molecular weight excluding hydrogens is 334 g/mol. The Balaban J connectivity index is 1.97. The van der Waals surface area contributed by atoms with Gasteiger partial charge in [-0.1, -0.05) is 11.6 Å².